The minimum Gasteiger partial charge on any atom is -0.490 e. The number of hydrogen-bond donors (Lipinski definition) is 0. The number of hydrogen-bond acceptors (Lipinski definition) is 2. The third kappa shape index (κ3) is 5.16. The molecule has 0 unspecified atom stereocenters. The number of halogens is 1. The molecule has 0 spiro atoms. The van der Waals surface area contributed by atoms with Gasteiger partial charge < -0.3 is 9.47 Å². The summed E-state index contributed by atoms with van der Waals surface area (Å²) >= 11 is 2.27. The number of pyridine rings is 1. The van der Waals surface area contributed by atoms with Crippen LogP contribution in [0.25, 0.3) is 0 Å². The molecule has 0 aliphatic rings. The molecule has 3 nitrogen and oxygen atoms in total. The smallest absolute Gasteiger partial charge is 0.171 e. The van der Waals surface area contributed by atoms with Gasteiger partial charge >= 0.3 is 0 Å². The summed E-state index contributed by atoms with van der Waals surface area (Å²) in [7, 11) is 0. The predicted octanol–water partition coefficient (Wildman–Crippen LogP) is 2.67. The van der Waals surface area contributed by atoms with Crippen LogP contribution in [0.4, 0.5) is 0 Å². The lowest BCUT2D eigenvalue weighted by molar-refractivity contribution is -0.698. The average Bonchev–Trinajstić information content (AvgIpc) is 2.45. The molecular weight excluding hydrogens is 353 g/mol. The van der Waals surface area contributed by atoms with Crippen LogP contribution < -0.4 is 9.30 Å². The zero-order valence-electron chi connectivity index (χ0n) is 10.7. The largest absolute Gasteiger partial charge is 0.490 e. The van der Waals surface area contributed by atoms with E-state index < -0.39 is 0 Å². The van der Waals surface area contributed by atoms with Gasteiger partial charge in [-0.1, -0.05) is 18.2 Å². The quantitative estimate of drug-likeness (QED) is 0.425. The maximum atomic E-state index is 5.65. The Labute approximate surface area is 127 Å². The van der Waals surface area contributed by atoms with Crippen molar-refractivity contribution in [3.63, 3.8) is 0 Å². The number of rotatable bonds is 7. The molecule has 0 radical (unpaired) electrons. The Morgan fingerprint density at radius 1 is 0.895 bits per heavy atom. The Morgan fingerprint density at radius 3 is 2.47 bits per heavy atom. The van der Waals surface area contributed by atoms with E-state index in [1.54, 1.807) is 0 Å². The lowest BCUT2D eigenvalue weighted by atomic mass is 10.3. The molecule has 0 aliphatic carbocycles. The monoisotopic (exact) mass is 370 g/mol. The maximum Gasteiger partial charge on any atom is 0.171 e. The summed E-state index contributed by atoms with van der Waals surface area (Å²) in [6.07, 6.45) is 4.07. The highest BCUT2D eigenvalue weighted by atomic mass is 127. The topological polar surface area (TPSA) is 22.3 Å². The fraction of sp³-hybridized carbons (Fsp3) is 0.267. The van der Waals surface area contributed by atoms with Crippen molar-refractivity contribution in [1.82, 2.24) is 0 Å². The molecular formula is C15H17INO2+. The minimum absolute atomic E-state index is 0.583. The molecule has 0 aliphatic heterocycles. The SMILES string of the molecule is Ic1ccccc1OCCOCC[n+]1ccccc1. The third-order valence-electron chi connectivity index (χ3n) is 2.59. The van der Waals surface area contributed by atoms with E-state index in [1.807, 2.05) is 54.9 Å². The van der Waals surface area contributed by atoms with Gasteiger partial charge in [-0.25, -0.2) is 4.57 Å². The molecule has 1 heterocycles. The van der Waals surface area contributed by atoms with Crippen molar-refractivity contribution in [3.8, 4) is 5.75 Å². The van der Waals surface area contributed by atoms with Crippen LogP contribution in [0.15, 0.2) is 54.9 Å². The number of benzene rings is 1. The van der Waals surface area contributed by atoms with Crippen LogP contribution >= 0.6 is 22.6 Å². The maximum absolute atomic E-state index is 5.65. The van der Waals surface area contributed by atoms with Crippen LogP contribution in [-0.2, 0) is 11.3 Å². The van der Waals surface area contributed by atoms with Crippen LogP contribution in [0.5, 0.6) is 5.75 Å². The number of para-hydroxylation sites is 1. The van der Waals surface area contributed by atoms with E-state index in [9.17, 15) is 0 Å². The van der Waals surface area contributed by atoms with Gasteiger partial charge in [0.25, 0.3) is 0 Å². The van der Waals surface area contributed by atoms with Crippen molar-refractivity contribution >= 4 is 22.6 Å². The summed E-state index contributed by atoms with van der Waals surface area (Å²) in [6, 6.07) is 14.0. The molecule has 4 heteroatoms. The predicted molar refractivity (Wildman–Crippen MR) is 82.1 cm³/mol. The van der Waals surface area contributed by atoms with Gasteiger partial charge in [0.2, 0.25) is 0 Å². The summed E-state index contributed by atoms with van der Waals surface area (Å²) in [5, 5.41) is 0. The Morgan fingerprint density at radius 2 is 1.68 bits per heavy atom. The van der Waals surface area contributed by atoms with Gasteiger partial charge in [-0.15, -0.1) is 0 Å². The molecule has 1 aromatic carbocycles. The van der Waals surface area contributed by atoms with E-state index in [0.29, 0.717) is 19.8 Å². The highest BCUT2D eigenvalue weighted by Gasteiger charge is 2.00. The molecule has 0 saturated carbocycles. The Balaban J connectivity index is 1.59. The van der Waals surface area contributed by atoms with Gasteiger partial charge in [0.1, 0.15) is 19.0 Å². The molecule has 100 valence electrons. The first kappa shape index (κ1) is 14.3. The van der Waals surface area contributed by atoms with Gasteiger partial charge in [-0.05, 0) is 34.7 Å². The summed E-state index contributed by atoms with van der Waals surface area (Å²) in [5.41, 5.74) is 0. The lowest BCUT2D eigenvalue weighted by Gasteiger charge is -2.07. The van der Waals surface area contributed by atoms with Crippen LogP contribution in [0.1, 0.15) is 0 Å². The molecule has 2 aromatic rings. The van der Waals surface area contributed by atoms with Crippen LogP contribution in [0, 0.1) is 3.57 Å². The zero-order valence-corrected chi connectivity index (χ0v) is 12.8. The molecule has 0 bridgehead atoms. The van der Waals surface area contributed by atoms with Crippen molar-refractivity contribution in [2.24, 2.45) is 0 Å². The number of ether oxygens (including phenoxy) is 2. The third-order valence-corrected chi connectivity index (χ3v) is 3.48. The summed E-state index contributed by atoms with van der Waals surface area (Å²) < 4.78 is 14.4. The molecule has 0 fully saturated rings. The van der Waals surface area contributed by atoms with Crippen LogP contribution in [0.3, 0.4) is 0 Å². The molecule has 19 heavy (non-hydrogen) atoms. The van der Waals surface area contributed by atoms with E-state index in [2.05, 4.69) is 27.2 Å². The summed E-state index contributed by atoms with van der Waals surface area (Å²) in [5.74, 6) is 0.920. The second-order valence-corrected chi connectivity index (χ2v) is 5.17. The van der Waals surface area contributed by atoms with Gasteiger partial charge in [-0.3, -0.25) is 0 Å². The number of aromatic nitrogens is 1. The molecule has 0 N–H and O–H groups in total. The first-order valence-corrected chi connectivity index (χ1v) is 7.33. The highest BCUT2D eigenvalue weighted by molar-refractivity contribution is 14.1. The molecule has 0 saturated heterocycles. The van der Waals surface area contributed by atoms with E-state index >= 15 is 0 Å². The zero-order chi connectivity index (χ0) is 13.3. The van der Waals surface area contributed by atoms with E-state index in [0.717, 1.165) is 15.9 Å². The van der Waals surface area contributed by atoms with Gasteiger partial charge in [0, 0.05) is 12.1 Å². The lowest BCUT2D eigenvalue weighted by Crippen LogP contribution is -2.35. The van der Waals surface area contributed by atoms with Crippen molar-refractivity contribution in [3.05, 3.63) is 58.4 Å². The molecule has 2 rings (SSSR count). The normalized spacial score (nSPS) is 10.4. The van der Waals surface area contributed by atoms with Gasteiger partial charge in [0.05, 0.1) is 10.2 Å². The van der Waals surface area contributed by atoms with Gasteiger partial charge in [-0.2, -0.15) is 0 Å². The first-order valence-electron chi connectivity index (χ1n) is 6.25. The van der Waals surface area contributed by atoms with Crippen molar-refractivity contribution in [2.75, 3.05) is 19.8 Å². The Hall–Kier alpha value is -1.14. The van der Waals surface area contributed by atoms with E-state index in [4.69, 9.17) is 9.47 Å². The van der Waals surface area contributed by atoms with Crippen molar-refractivity contribution in [2.45, 2.75) is 6.54 Å². The highest BCUT2D eigenvalue weighted by Crippen LogP contribution is 2.19. The summed E-state index contributed by atoms with van der Waals surface area (Å²) in [4.78, 5) is 0. The Bertz CT molecular complexity index is 491. The fourth-order valence-corrected chi connectivity index (χ4v) is 2.17. The summed E-state index contributed by atoms with van der Waals surface area (Å²) in [6.45, 7) is 2.76. The first-order chi connectivity index (χ1) is 9.36. The standard InChI is InChI=1S/C15H17INO2/c16-14-6-2-3-7-15(14)19-13-12-18-11-10-17-8-4-1-5-9-17/h1-9H,10-13H2/q+1. The second-order valence-electron chi connectivity index (χ2n) is 4.00. The van der Waals surface area contributed by atoms with E-state index in [1.165, 1.54) is 0 Å². The molecule has 0 atom stereocenters. The minimum atomic E-state index is 0.583. The molecule has 1 aromatic heterocycles. The van der Waals surface area contributed by atoms with Gasteiger partial charge in [0.15, 0.2) is 18.9 Å². The Kier molecular flexibility index (Phi) is 6.10. The number of nitrogens with zero attached hydrogens (tertiary/aromatic N) is 1. The van der Waals surface area contributed by atoms with Crippen molar-refractivity contribution < 1.29 is 14.0 Å². The van der Waals surface area contributed by atoms with Crippen LogP contribution in [-0.4, -0.2) is 19.8 Å². The average molecular weight is 370 g/mol. The second kappa shape index (κ2) is 8.12. The van der Waals surface area contributed by atoms with Crippen LogP contribution in [0.2, 0.25) is 0 Å². The fourth-order valence-electron chi connectivity index (χ4n) is 1.63. The van der Waals surface area contributed by atoms with Crippen molar-refractivity contribution in [1.29, 1.82) is 0 Å². The molecule has 0 amide bonds. The van der Waals surface area contributed by atoms with E-state index in [-0.39, 0.29) is 0 Å².